The summed E-state index contributed by atoms with van der Waals surface area (Å²) in [6, 6.07) is 10.2. The van der Waals surface area contributed by atoms with Gasteiger partial charge in [0.1, 0.15) is 0 Å². The number of benzene rings is 1. The summed E-state index contributed by atoms with van der Waals surface area (Å²) >= 11 is 0. The van der Waals surface area contributed by atoms with E-state index >= 15 is 0 Å². The largest absolute Gasteiger partial charge is 0.374 e. The minimum absolute atomic E-state index is 0.0864. The van der Waals surface area contributed by atoms with E-state index in [4.69, 9.17) is 0 Å². The van der Waals surface area contributed by atoms with Gasteiger partial charge in [0.15, 0.2) is 0 Å². The highest BCUT2D eigenvalue weighted by atomic mass is 16.1. The molecule has 0 spiro atoms. The average Bonchev–Trinajstić information content (AvgIpc) is 2.59. The first kappa shape index (κ1) is 15.3. The van der Waals surface area contributed by atoms with Gasteiger partial charge in [-0.2, -0.15) is 0 Å². The third-order valence-corrected chi connectivity index (χ3v) is 4.10. The van der Waals surface area contributed by atoms with Crippen molar-refractivity contribution in [2.24, 2.45) is 0 Å². The Morgan fingerprint density at radius 3 is 2.96 bits per heavy atom. The highest BCUT2D eigenvalue weighted by Gasteiger charge is 2.12. The zero-order chi connectivity index (χ0) is 16.1. The fourth-order valence-electron chi connectivity index (χ4n) is 2.83. The number of carbonyl (C=O) groups excluding carboxylic acids is 1. The maximum Gasteiger partial charge on any atom is 0.244 e. The zero-order valence-corrected chi connectivity index (χ0v) is 13.3. The summed E-state index contributed by atoms with van der Waals surface area (Å²) in [7, 11) is 2.13. The van der Waals surface area contributed by atoms with Gasteiger partial charge in [0.05, 0.1) is 0 Å². The topological polar surface area (TPSA) is 45.2 Å². The van der Waals surface area contributed by atoms with E-state index in [0.717, 1.165) is 24.1 Å². The van der Waals surface area contributed by atoms with Crippen LogP contribution < -0.4 is 10.2 Å². The number of nitrogens with zero attached hydrogens (tertiary/aromatic N) is 2. The summed E-state index contributed by atoms with van der Waals surface area (Å²) in [5.74, 6) is -0.0864. The van der Waals surface area contributed by atoms with Crippen molar-refractivity contribution in [3.8, 4) is 0 Å². The number of aryl methyl sites for hydroxylation is 1. The number of aromatic nitrogens is 1. The zero-order valence-electron chi connectivity index (χ0n) is 13.3. The molecular weight excluding hydrogens is 286 g/mol. The molecule has 0 fully saturated rings. The van der Waals surface area contributed by atoms with E-state index in [2.05, 4.69) is 40.4 Å². The van der Waals surface area contributed by atoms with Gasteiger partial charge in [-0.25, -0.2) is 0 Å². The van der Waals surface area contributed by atoms with Gasteiger partial charge in [0.2, 0.25) is 5.91 Å². The number of rotatable bonds is 4. The molecule has 1 amide bonds. The molecule has 0 radical (unpaired) electrons. The number of hydrogen-bond donors (Lipinski definition) is 1. The first-order valence-electron chi connectivity index (χ1n) is 7.91. The van der Waals surface area contributed by atoms with E-state index in [-0.39, 0.29) is 5.91 Å². The normalized spacial score (nSPS) is 13.9. The molecule has 1 aliphatic rings. The Labute approximate surface area is 136 Å². The molecule has 0 bridgehead atoms. The molecule has 2 heterocycles. The van der Waals surface area contributed by atoms with Crippen molar-refractivity contribution in [1.29, 1.82) is 0 Å². The number of hydrogen-bond acceptors (Lipinski definition) is 3. The van der Waals surface area contributed by atoms with Crippen LogP contribution in [0.15, 0.2) is 48.8 Å². The van der Waals surface area contributed by atoms with Crippen LogP contribution in [-0.4, -0.2) is 24.5 Å². The number of pyridine rings is 1. The smallest absolute Gasteiger partial charge is 0.244 e. The van der Waals surface area contributed by atoms with Crippen LogP contribution >= 0.6 is 0 Å². The summed E-state index contributed by atoms with van der Waals surface area (Å²) in [6.07, 6.45) is 9.20. The maximum absolute atomic E-state index is 11.9. The number of amides is 1. The highest BCUT2D eigenvalue weighted by Crippen LogP contribution is 2.27. The van der Waals surface area contributed by atoms with Gasteiger partial charge in [-0.15, -0.1) is 0 Å². The first-order valence-corrected chi connectivity index (χ1v) is 7.91. The Kier molecular flexibility index (Phi) is 4.71. The van der Waals surface area contributed by atoms with Crippen LogP contribution in [0.4, 0.5) is 5.69 Å². The summed E-state index contributed by atoms with van der Waals surface area (Å²) in [5, 5.41) is 2.88. The summed E-state index contributed by atoms with van der Waals surface area (Å²) in [6.45, 7) is 1.63. The van der Waals surface area contributed by atoms with Gasteiger partial charge in [0, 0.05) is 44.3 Å². The monoisotopic (exact) mass is 307 g/mol. The molecule has 1 aromatic heterocycles. The maximum atomic E-state index is 11.9. The average molecular weight is 307 g/mol. The van der Waals surface area contributed by atoms with Crippen LogP contribution in [0.2, 0.25) is 0 Å². The second-order valence-corrected chi connectivity index (χ2v) is 5.82. The van der Waals surface area contributed by atoms with Crippen LogP contribution in [0.3, 0.4) is 0 Å². The van der Waals surface area contributed by atoms with Crippen molar-refractivity contribution in [1.82, 2.24) is 10.3 Å². The molecule has 4 nitrogen and oxygen atoms in total. The molecule has 1 aliphatic heterocycles. The van der Waals surface area contributed by atoms with Crippen molar-refractivity contribution in [2.75, 3.05) is 18.5 Å². The molecule has 3 rings (SSSR count). The highest BCUT2D eigenvalue weighted by molar-refractivity contribution is 5.91. The molecule has 4 heteroatoms. The van der Waals surface area contributed by atoms with Crippen LogP contribution in [0.5, 0.6) is 0 Å². The van der Waals surface area contributed by atoms with Gasteiger partial charge in [-0.3, -0.25) is 9.78 Å². The van der Waals surface area contributed by atoms with E-state index in [1.807, 2.05) is 18.2 Å². The van der Waals surface area contributed by atoms with Crippen LogP contribution in [0.25, 0.3) is 6.08 Å². The van der Waals surface area contributed by atoms with E-state index in [1.165, 1.54) is 17.7 Å². The van der Waals surface area contributed by atoms with Gasteiger partial charge in [0.25, 0.3) is 0 Å². The van der Waals surface area contributed by atoms with Gasteiger partial charge in [-0.05, 0) is 59.9 Å². The standard InChI is InChI=1S/C19H21N3O/c1-22-12-2-3-17-13-15(4-6-18(17)22)5-7-19(23)21-14-16-8-10-20-11-9-16/h4-11,13H,2-3,12,14H2,1H3,(H,21,23)/b7-5-. The van der Waals surface area contributed by atoms with Gasteiger partial charge in [-0.1, -0.05) is 6.07 Å². The molecule has 23 heavy (non-hydrogen) atoms. The summed E-state index contributed by atoms with van der Waals surface area (Å²) in [5.41, 5.74) is 4.77. The summed E-state index contributed by atoms with van der Waals surface area (Å²) < 4.78 is 0. The predicted molar refractivity (Wildman–Crippen MR) is 93.2 cm³/mol. The Hall–Kier alpha value is -2.62. The van der Waals surface area contributed by atoms with Crippen LogP contribution in [-0.2, 0) is 17.8 Å². The quantitative estimate of drug-likeness (QED) is 0.884. The Bertz CT molecular complexity index is 710. The molecular formula is C19H21N3O. The third kappa shape index (κ3) is 3.97. The van der Waals surface area contributed by atoms with Crippen molar-refractivity contribution < 1.29 is 4.79 Å². The lowest BCUT2D eigenvalue weighted by Gasteiger charge is -2.27. The van der Waals surface area contributed by atoms with E-state index < -0.39 is 0 Å². The predicted octanol–water partition coefficient (Wildman–Crippen LogP) is 2.79. The van der Waals surface area contributed by atoms with Crippen LogP contribution in [0.1, 0.15) is 23.1 Å². The van der Waals surface area contributed by atoms with Crippen molar-refractivity contribution in [3.63, 3.8) is 0 Å². The van der Waals surface area contributed by atoms with Crippen LogP contribution in [0, 0.1) is 0 Å². The van der Waals surface area contributed by atoms with E-state index in [0.29, 0.717) is 6.54 Å². The minimum Gasteiger partial charge on any atom is -0.374 e. The fraction of sp³-hybridized carbons (Fsp3) is 0.263. The molecule has 0 unspecified atom stereocenters. The Balaban J connectivity index is 1.60. The molecule has 1 aromatic carbocycles. The second kappa shape index (κ2) is 7.09. The molecule has 118 valence electrons. The Morgan fingerprint density at radius 1 is 1.30 bits per heavy atom. The van der Waals surface area contributed by atoms with Gasteiger partial charge < -0.3 is 10.2 Å². The number of anilines is 1. The van der Waals surface area contributed by atoms with Crippen molar-refractivity contribution in [3.05, 3.63) is 65.5 Å². The minimum atomic E-state index is -0.0864. The Morgan fingerprint density at radius 2 is 2.13 bits per heavy atom. The van der Waals surface area contributed by atoms with E-state index in [9.17, 15) is 4.79 Å². The number of carbonyl (C=O) groups is 1. The fourth-order valence-corrected chi connectivity index (χ4v) is 2.83. The van der Waals surface area contributed by atoms with E-state index in [1.54, 1.807) is 18.5 Å². The second-order valence-electron chi connectivity index (χ2n) is 5.82. The molecule has 0 saturated carbocycles. The molecule has 0 saturated heterocycles. The first-order chi connectivity index (χ1) is 11.2. The lowest BCUT2D eigenvalue weighted by Crippen LogP contribution is -2.24. The molecule has 0 atom stereocenters. The molecule has 1 N–H and O–H groups in total. The molecule has 2 aromatic rings. The molecule has 0 aliphatic carbocycles. The van der Waals surface area contributed by atoms with Crippen molar-refractivity contribution in [2.45, 2.75) is 19.4 Å². The SMILES string of the molecule is CN1CCCc2cc(/C=C\C(=O)NCc3ccncc3)ccc21. The number of nitrogens with one attached hydrogen (secondary N) is 1. The van der Waals surface area contributed by atoms with Gasteiger partial charge >= 0.3 is 0 Å². The lowest BCUT2D eigenvalue weighted by molar-refractivity contribution is -0.116. The third-order valence-electron chi connectivity index (χ3n) is 4.10. The lowest BCUT2D eigenvalue weighted by atomic mass is 9.99. The van der Waals surface area contributed by atoms with Crippen molar-refractivity contribution >= 4 is 17.7 Å². The number of fused-ring (bicyclic) bond motifs is 1. The summed E-state index contributed by atoms with van der Waals surface area (Å²) in [4.78, 5) is 18.2.